The SMILES string of the molecule is CC/C=C\C/C=C\C/C=C\C/C=C\C/C=C\C/C=C\CCC(=O)OC[C@H](COP(=O)(O)OC1[C@H](O)[C@H](O)C(O)[C@H](O)[C@H]1O)OC(=O)CCCC(O)C(O)C/C=C\C/C=C\C/C=C\CCCCC. The Balaban J connectivity index is 2.62. The van der Waals surface area contributed by atoms with Gasteiger partial charge >= 0.3 is 19.8 Å². The van der Waals surface area contributed by atoms with Crippen LogP contribution < -0.4 is 0 Å². The summed E-state index contributed by atoms with van der Waals surface area (Å²) in [6, 6.07) is 0. The first kappa shape index (κ1) is 61.4. The maximum absolute atomic E-state index is 12.8. The zero-order valence-corrected chi connectivity index (χ0v) is 40.5. The second-order valence-corrected chi connectivity index (χ2v) is 17.6. The number of phosphoric ester groups is 1. The van der Waals surface area contributed by atoms with Gasteiger partial charge in [-0.05, 0) is 89.9 Å². The highest BCUT2D eigenvalue weighted by atomic mass is 31.2. The van der Waals surface area contributed by atoms with Gasteiger partial charge in [0.25, 0.3) is 0 Å². The summed E-state index contributed by atoms with van der Waals surface area (Å²) in [5, 5.41) is 71.0. The maximum atomic E-state index is 12.8. The first-order valence-corrected chi connectivity index (χ1v) is 25.4. The molecule has 1 aliphatic rings. The van der Waals surface area contributed by atoms with Crippen LogP contribution in [0.3, 0.4) is 0 Å². The lowest BCUT2D eigenvalue weighted by Crippen LogP contribution is -2.64. The van der Waals surface area contributed by atoms with Gasteiger partial charge < -0.3 is 50.1 Å². The van der Waals surface area contributed by atoms with Crippen molar-refractivity contribution < 1.29 is 73.3 Å². The molecule has 8 N–H and O–H groups in total. The van der Waals surface area contributed by atoms with Gasteiger partial charge in [-0.1, -0.05) is 136 Å². The van der Waals surface area contributed by atoms with Crippen molar-refractivity contribution in [3.8, 4) is 0 Å². The number of unbranched alkanes of at least 4 members (excludes halogenated alkanes) is 3. The standard InChI is InChI=1S/C51H81O15P/c1-3-5-7-9-11-13-15-17-18-19-20-21-22-23-25-27-29-31-33-37-44(54)63-39-41(40-64-67(61,62)66-51-49(59)47(57)46(56)48(58)50(51)60)65-45(55)38-34-36-43(53)42(52)35-32-30-28-26-24-16-14-12-10-8-6-4-2/h5,7,11-14,17-18,20-21,23-26,29-32,41-43,46-53,56-60H,3-4,6,8-10,15-16,19,22,27-28,33-40H2,1-2H3,(H,61,62)/b7-5-,13-11-,14-12-,18-17-,21-20-,25-23-,26-24-,31-29-,32-30-/t41-,42?,43?,46?,47-,48+,49-,50-,51?/m1/s1. The molecule has 0 saturated heterocycles. The van der Waals surface area contributed by atoms with Crippen molar-refractivity contribution in [1.29, 1.82) is 0 Å². The van der Waals surface area contributed by atoms with E-state index in [1.165, 1.54) is 19.3 Å². The average molecular weight is 965 g/mol. The Hall–Kier alpha value is -3.57. The monoisotopic (exact) mass is 965 g/mol. The molecule has 1 aliphatic carbocycles. The predicted molar refractivity (Wildman–Crippen MR) is 260 cm³/mol. The molecule has 1 rings (SSSR count). The molecule has 1 fully saturated rings. The van der Waals surface area contributed by atoms with Crippen molar-refractivity contribution in [2.45, 2.75) is 184 Å². The third-order valence-electron chi connectivity index (χ3n) is 10.3. The normalized spacial score (nSPS) is 23.1. The van der Waals surface area contributed by atoms with Gasteiger partial charge in [0.05, 0.1) is 18.8 Å². The van der Waals surface area contributed by atoms with E-state index in [9.17, 15) is 54.8 Å². The molecule has 10 atom stereocenters. The van der Waals surface area contributed by atoms with Crippen LogP contribution in [0.4, 0.5) is 0 Å². The number of rotatable bonds is 37. The lowest BCUT2D eigenvalue weighted by Gasteiger charge is -2.41. The fourth-order valence-electron chi connectivity index (χ4n) is 6.36. The lowest BCUT2D eigenvalue weighted by atomic mass is 9.85. The summed E-state index contributed by atoms with van der Waals surface area (Å²) in [6.45, 7) is 2.83. The Bertz CT molecular complexity index is 1620. The van der Waals surface area contributed by atoms with E-state index in [1.54, 1.807) is 6.08 Å². The van der Waals surface area contributed by atoms with Crippen molar-refractivity contribution in [2.75, 3.05) is 13.2 Å². The topological polar surface area (TPSA) is 250 Å². The molecule has 67 heavy (non-hydrogen) atoms. The van der Waals surface area contributed by atoms with Crippen molar-refractivity contribution in [3.05, 3.63) is 109 Å². The average Bonchev–Trinajstić information content (AvgIpc) is 3.30. The van der Waals surface area contributed by atoms with Gasteiger partial charge in [0.15, 0.2) is 6.10 Å². The van der Waals surface area contributed by atoms with Gasteiger partial charge in [-0.25, -0.2) is 4.57 Å². The number of hydrogen-bond donors (Lipinski definition) is 8. The predicted octanol–water partition coefficient (Wildman–Crippen LogP) is 7.55. The molecule has 0 radical (unpaired) electrons. The quantitative estimate of drug-likeness (QED) is 0.0130. The molecule has 380 valence electrons. The Morgan fingerprint density at radius 3 is 1.51 bits per heavy atom. The van der Waals surface area contributed by atoms with Crippen LogP contribution in [-0.4, -0.2) is 121 Å². The molecule has 0 aromatic carbocycles. The third kappa shape index (κ3) is 31.2. The summed E-state index contributed by atoms with van der Waals surface area (Å²) in [5.74, 6) is -1.50. The van der Waals surface area contributed by atoms with E-state index in [4.69, 9.17) is 18.5 Å². The number of ether oxygens (including phenoxy) is 2. The molecule has 15 nitrogen and oxygen atoms in total. The van der Waals surface area contributed by atoms with Crippen LogP contribution in [0.1, 0.15) is 129 Å². The highest BCUT2D eigenvalue weighted by molar-refractivity contribution is 7.47. The molecular weight excluding hydrogens is 884 g/mol. The van der Waals surface area contributed by atoms with Gasteiger partial charge in [0.1, 0.15) is 43.2 Å². The number of carbonyl (C=O) groups excluding carboxylic acids is 2. The van der Waals surface area contributed by atoms with E-state index in [0.717, 1.165) is 44.9 Å². The second kappa shape index (κ2) is 39.3. The third-order valence-corrected chi connectivity index (χ3v) is 11.3. The van der Waals surface area contributed by atoms with Crippen molar-refractivity contribution in [1.82, 2.24) is 0 Å². The molecule has 0 aliphatic heterocycles. The summed E-state index contributed by atoms with van der Waals surface area (Å²) < 4.78 is 33.3. The van der Waals surface area contributed by atoms with Crippen LogP contribution >= 0.6 is 7.82 Å². The number of phosphoric acid groups is 1. The van der Waals surface area contributed by atoms with E-state index in [1.807, 2.05) is 36.5 Å². The Morgan fingerprint density at radius 2 is 1.00 bits per heavy atom. The van der Waals surface area contributed by atoms with Gasteiger partial charge in [-0.3, -0.25) is 18.6 Å². The molecule has 0 amide bonds. The zero-order valence-electron chi connectivity index (χ0n) is 39.6. The highest BCUT2D eigenvalue weighted by Gasteiger charge is 2.51. The summed E-state index contributed by atoms with van der Waals surface area (Å²) >= 11 is 0. The molecule has 5 unspecified atom stereocenters. The molecule has 16 heteroatoms. The number of carbonyl (C=O) groups is 2. The van der Waals surface area contributed by atoms with E-state index in [-0.39, 0.29) is 32.1 Å². The second-order valence-electron chi connectivity index (χ2n) is 16.2. The lowest BCUT2D eigenvalue weighted by molar-refractivity contribution is -0.220. The van der Waals surface area contributed by atoms with Crippen LogP contribution in [-0.2, 0) is 32.7 Å². The smallest absolute Gasteiger partial charge is 0.462 e. The molecule has 0 bridgehead atoms. The fourth-order valence-corrected chi connectivity index (χ4v) is 7.33. The fraction of sp³-hybridized carbons (Fsp3) is 0.608. The Labute approximate surface area is 398 Å². The minimum absolute atomic E-state index is 0.0256. The molecule has 0 spiro atoms. The van der Waals surface area contributed by atoms with E-state index in [0.29, 0.717) is 19.3 Å². The Morgan fingerprint density at radius 1 is 0.537 bits per heavy atom. The van der Waals surface area contributed by atoms with E-state index in [2.05, 4.69) is 80.7 Å². The number of aliphatic hydroxyl groups excluding tert-OH is 7. The largest absolute Gasteiger partial charge is 0.472 e. The van der Waals surface area contributed by atoms with Crippen LogP contribution in [0.2, 0.25) is 0 Å². The summed E-state index contributed by atoms with van der Waals surface area (Å²) in [7, 11) is -5.23. The van der Waals surface area contributed by atoms with E-state index >= 15 is 0 Å². The minimum atomic E-state index is -5.23. The molecular formula is C51H81O15P. The van der Waals surface area contributed by atoms with Crippen LogP contribution in [0.25, 0.3) is 0 Å². The number of allylic oxidation sites excluding steroid dienone is 17. The van der Waals surface area contributed by atoms with Gasteiger partial charge in [-0.15, -0.1) is 0 Å². The summed E-state index contributed by atoms with van der Waals surface area (Å²) in [4.78, 5) is 35.8. The minimum Gasteiger partial charge on any atom is -0.462 e. The number of aliphatic hydroxyl groups is 7. The van der Waals surface area contributed by atoms with Crippen molar-refractivity contribution >= 4 is 19.8 Å². The molecule has 0 aromatic rings. The summed E-state index contributed by atoms with van der Waals surface area (Å²) in [6.07, 6.45) is 33.0. The molecule has 0 heterocycles. The number of hydrogen-bond acceptors (Lipinski definition) is 14. The van der Waals surface area contributed by atoms with Gasteiger partial charge in [-0.2, -0.15) is 0 Å². The van der Waals surface area contributed by atoms with Gasteiger partial charge in [0.2, 0.25) is 0 Å². The molecule has 1 saturated carbocycles. The zero-order chi connectivity index (χ0) is 49.5. The van der Waals surface area contributed by atoms with Crippen molar-refractivity contribution in [3.63, 3.8) is 0 Å². The van der Waals surface area contributed by atoms with Crippen molar-refractivity contribution in [2.24, 2.45) is 0 Å². The maximum Gasteiger partial charge on any atom is 0.472 e. The van der Waals surface area contributed by atoms with E-state index < -0.39 is 87.9 Å². The van der Waals surface area contributed by atoms with Gasteiger partial charge in [0, 0.05) is 12.8 Å². The van der Waals surface area contributed by atoms with Crippen LogP contribution in [0.5, 0.6) is 0 Å². The number of esters is 2. The highest BCUT2D eigenvalue weighted by Crippen LogP contribution is 2.47. The first-order chi connectivity index (χ1) is 32.2. The van der Waals surface area contributed by atoms with Crippen LogP contribution in [0.15, 0.2) is 109 Å². The molecule has 0 aromatic heterocycles. The summed E-state index contributed by atoms with van der Waals surface area (Å²) in [5.41, 5.74) is 0. The first-order valence-electron chi connectivity index (χ1n) is 23.9. The Kier molecular flexibility index (Phi) is 36.0. The van der Waals surface area contributed by atoms with Crippen LogP contribution in [0, 0.1) is 0 Å².